The lowest BCUT2D eigenvalue weighted by molar-refractivity contribution is -0.116. The Hall–Kier alpha value is -2.49. The van der Waals surface area contributed by atoms with E-state index < -0.39 is 10.0 Å². The zero-order valence-corrected chi connectivity index (χ0v) is 15.5. The number of anilines is 1. The Balaban J connectivity index is 1.81. The Bertz CT molecular complexity index is 857. The van der Waals surface area contributed by atoms with E-state index >= 15 is 0 Å². The van der Waals surface area contributed by atoms with Crippen LogP contribution in [0.2, 0.25) is 0 Å². The van der Waals surface area contributed by atoms with Crippen LogP contribution >= 0.6 is 0 Å². The van der Waals surface area contributed by atoms with Gasteiger partial charge in [0.25, 0.3) is 0 Å². The van der Waals surface area contributed by atoms with Crippen molar-refractivity contribution in [3.05, 3.63) is 54.3 Å². The fourth-order valence-electron chi connectivity index (χ4n) is 2.19. The summed E-state index contributed by atoms with van der Waals surface area (Å²) in [4.78, 5) is 12.1. The molecule has 2 rings (SSSR count). The van der Waals surface area contributed by atoms with Crippen molar-refractivity contribution >= 4 is 21.6 Å². The van der Waals surface area contributed by atoms with Gasteiger partial charge in [-0.15, -0.1) is 0 Å². The third-order valence-corrected chi connectivity index (χ3v) is 4.95. The van der Waals surface area contributed by atoms with Crippen molar-refractivity contribution in [2.24, 2.45) is 5.73 Å². The van der Waals surface area contributed by atoms with E-state index in [0.29, 0.717) is 24.5 Å². The summed E-state index contributed by atoms with van der Waals surface area (Å²) in [5.74, 6) is -0.0777. The van der Waals surface area contributed by atoms with Gasteiger partial charge in [0.05, 0.1) is 11.5 Å². The summed E-state index contributed by atoms with van der Waals surface area (Å²) in [5.41, 5.74) is 5.68. The summed E-state index contributed by atoms with van der Waals surface area (Å²) >= 11 is 0. The second-order valence-corrected chi connectivity index (χ2v) is 7.44. The van der Waals surface area contributed by atoms with Crippen LogP contribution in [0.4, 0.5) is 10.1 Å². The molecule has 0 bridgehead atoms. The molecule has 0 radical (unpaired) electrons. The molecule has 9 heteroatoms. The molecule has 2 aromatic carbocycles. The predicted octanol–water partition coefficient (Wildman–Crippen LogP) is 1.86. The minimum atomic E-state index is -3.66. The second kappa shape index (κ2) is 10.0. The molecule has 4 N–H and O–H groups in total. The van der Waals surface area contributed by atoms with Gasteiger partial charge < -0.3 is 15.8 Å². The van der Waals surface area contributed by atoms with Crippen LogP contribution in [0, 0.1) is 5.82 Å². The molecule has 0 heterocycles. The Morgan fingerprint density at radius 3 is 2.59 bits per heavy atom. The van der Waals surface area contributed by atoms with E-state index in [-0.39, 0.29) is 36.1 Å². The number of rotatable bonds is 10. The molecule has 0 saturated heterocycles. The Morgan fingerprint density at radius 1 is 1.15 bits per heavy atom. The SMILES string of the molecule is NCCNS(=O)(=O)c1cccc(NC(=O)CCCOc2ccc(F)cc2)c1. The maximum absolute atomic E-state index is 12.8. The van der Waals surface area contributed by atoms with Crippen molar-refractivity contribution in [1.29, 1.82) is 0 Å². The van der Waals surface area contributed by atoms with Crippen molar-refractivity contribution in [2.45, 2.75) is 17.7 Å². The highest BCUT2D eigenvalue weighted by atomic mass is 32.2. The third kappa shape index (κ3) is 6.97. The average Bonchev–Trinajstić information content (AvgIpc) is 2.65. The molecule has 0 aromatic heterocycles. The molecule has 0 fully saturated rings. The highest BCUT2D eigenvalue weighted by Crippen LogP contribution is 2.16. The van der Waals surface area contributed by atoms with Gasteiger partial charge in [-0.25, -0.2) is 17.5 Å². The maximum Gasteiger partial charge on any atom is 0.240 e. The number of benzene rings is 2. The number of sulfonamides is 1. The van der Waals surface area contributed by atoms with Gasteiger partial charge in [0, 0.05) is 25.2 Å². The number of hydrogen-bond donors (Lipinski definition) is 3. The summed E-state index contributed by atoms with van der Waals surface area (Å²) in [5, 5.41) is 2.66. The minimum absolute atomic E-state index is 0.0494. The number of amides is 1. The number of carbonyl (C=O) groups is 1. The predicted molar refractivity (Wildman–Crippen MR) is 100 cm³/mol. The van der Waals surface area contributed by atoms with E-state index in [1.807, 2.05) is 0 Å². The van der Waals surface area contributed by atoms with E-state index in [1.165, 1.54) is 36.4 Å². The molecule has 0 atom stereocenters. The molecule has 27 heavy (non-hydrogen) atoms. The average molecular weight is 395 g/mol. The van der Waals surface area contributed by atoms with Crippen LogP contribution < -0.4 is 20.5 Å². The van der Waals surface area contributed by atoms with Crippen molar-refractivity contribution in [3.63, 3.8) is 0 Å². The zero-order valence-electron chi connectivity index (χ0n) is 14.7. The summed E-state index contributed by atoms with van der Waals surface area (Å²) in [6.45, 7) is 0.624. The topological polar surface area (TPSA) is 111 Å². The van der Waals surface area contributed by atoms with Crippen LogP contribution in [0.3, 0.4) is 0 Å². The first-order valence-electron chi connectivity index (χ1n) is 8.39. The molecule has 0 unspecified atom stereocenters. The summed E-state index contributed by atoms with van der Waals surface area (Å²) in [6.07, 6.45) is 0.656. The number of halogens is 1. The number of nitrogens with two attached hydrogens (primary N) is 1. The monoisotopic (exact) mass is 395 g/mol. The molecule has 146 valence electrons. The summed E-state index contributed by atoms with van der Waals surface area (Å²) in [7, 11) is -3.66. The van der Waals surface area contributed by atoms with Gasteiger partial charge in [-0.05, 0) is 48.9 Å². The zero-order chi connectivity index (χ0) is 19.7. The number of hydrogen-bond acceptors (Lipinski definition) is 5. The molecule has 0 saturated carbocycles. The molecule has 1 amide bonds. The van der Waals surface area contributed by atoms with Crippen molar-refractivity contribution in [2.75, 3.05) is 25.0 Å². The van der Waals surface area contributed by atoms with Gasteiger partial charge in [0.1, 0.15) is 11.6 Å². The molecule has 7 nitrogen and oxygen atoms in total. The van der Waals surface area contributed by atoms with Crippen LogP contribution in [0.5, 0.6) is 5.75 Å². The van der Waals surface area contributed by atoms with E-state index in [4.69, 9.17) is 10.5 Å². The molecule has 2 aromatic rings. The van der Waals surface area contributed by atoms with E-state index in [2.05, 4.69) is 10.0 Å². The lowest BCUT2D eigenvalue weighted by atomic mass is 10.2. The van der Waals surface area contributed by atoms with E-state index in [1.54, 1.807) is 12.1 Å². The van der Waals surface area contributed by atoms with Gasteiger partial charge in [0.15, 0.2) is 0 Å². The number of carbonyl (C=O) groups excluding carboxylic acids is 1. The van der Waals surface area contributed by atoms with E-state index in [0.717, 1.165) is 0 Å². The summed E-state index contributed by atoms with van der Waals surface area (Å²) in [6, 6.07) is 11.6. The lowest BCUT2D eigenvalue weighted by Gasteiger charge is -2.09. The van der Waals surface area contributed by atoms with Crippen LogP contribution in [-0.4, -0.2) is 34.0 Å². The Kier molecular flexibility index (Phi) is 7.71. The normalized spacial score (nSPS) is 11.2. The second-order valence-electron chi connectivity index (χ2n) is 5.67. The summed E-state index contributed by atoms with van der Waals surface area (Å²) < 4.78 is 44.7. The fourth-order valence-corrected chi connectivity index (χ4v) is 3.29. The molecular formula is C18H22FN3O4S. The third-order valence-electron chi connectivity index (χ3n) is 3.50. The first kappa shape index (κ1) is 20.8. The highest BCUT2D eigenvalue weighted by molar-refractivity contribution is 7.89. The van der Waals surface area contributed by atoms with Gasteiger partial charge in [-0.3, -0.25) is 4.79 Å². The van der Waals surface area contributed by atoms with Crippen LogP contribution in [-0.2, 0) is 14.8 Å². The van der Waals surface area contributed by atoms with Gasteiger partial charge in [-0.1, -0.05) is 6.07 Å². The highest BCUT2D eigenvalue weighted by Gasteiger charge is 2.14. The number of nitrogens with one attached hydrogen (secondary N) is 2. The van der Waals surface area contributed by atoms with Crippen LogP contribution in [0.25, 0.3) is 0 Å². The van der Waals surface area contributed by atoms with Gasteiger partial charge in [0.2, 0.25) is 15.9 Å². The molecule has 0 aliphatic heterocycles. The quantitative estimate of drug-likeness (QED) is 0.532. The number of ether oxygens (including phenoxy) is 1. The molecule has 0 spiro atoms. The van der Waals surface area contributed by atoms with Gasteiger partial charge >= 0.3 is 0 Å². The Labute approximate surface area is 157 Å². The molecule has 0 aliphatic rings. The lowest BCUT2D eigenvalue weighted by Crippen LogP contribution is -2.29. The first-order valence-corrected chi connectivity index (χ1v) is 9.87. The van der Waals surface area contributed by atoms with Crippen molar-refractivity contribution in [3.8, 4) is 5.75 Å². The van der Waals surface area contributed by atoms with Crippen LogP contribution in [0.1, 0.15) is 12.8 Å². The van der Waals surface area contributed by atoms with E-state index in [9.17, 15) is 17.6 Å². The largest absolute Gasteiger partial charge is 0.494 e. The first-order chi connectivity index (χ1) is 12.9. The standard InChI is InChI=1S/C18H22FN3O4S/c19-14-6-8-16(9-7-14)26-12-2-5-18(23)22-15-3-1-4-17(13-15)27(24,25)21-11-10-20/h1,3-4,6-9,13,21H,2,5,10-12,20H2,(H,22,23). The van der Waals surface area contributed by atoms with Crippen molar-refractivity contribution < 1.29 is 22.3 Å². The smallest absolute Gasteiger partial charge is 0.240 e. The van der Waals surface area contributed by atoms with Crippen LogP contribution in [0.15, 0.2) is 53.4 Å². The Morgan fingerprint density at radius 2 is 1.89 bits per heavy atom. The van der Waals surface area contributed by atoms with Crippen molar-refractivity contribution in [1.82, 2.24) is 4.72 Å². The fraction of sp³-hybridized carbons (Fsp3) is 0.278. The molecule has 0 aliphatic carbocycles. The molecular weight excluding hydrogens is 373 g/mol. The maximum atomic E-state index is 12.8. The minimum Gasteiger partial charge on any atom is -0.494 e. The van der Waals surface area contributed by atoms with Gasteiger partial charge in [-0.2, -0.15) is 0 Å².